The predicted molar refractivity (Wildman–Crippen MR) is 99.4 cm³/mol. The van der Waals surface area contributed by atoms with Gasteiger partial charge in [0.25, 0.3) is 11.8 Å². The maximum atomic E-state index is 11.8. The van der Waals surface area contributed by atoms with Crippen LogP contribution in [-0.4, -0.2) is 25.0 Å². The Kier molecular flexibility index (Phi) is 6.86. The van der Waals surface area contributed by atoms with Crippen LogP contribution >= 0.6 is 11.6 Å². The molecule has 0 aromatic heterocycles. The fourth-order valence-corrected chi connectivity index (χ4v) is 2.31. The third-order valence-corrected chi connectivity index (χ3v) is 4.08. The second-order valence-corrected chi connectivity index (χ2v) is 6.24. The third-order valence-electron chi connectivity index (χ3n) is 3.48. The van der Waals surface area contributed by atoms with E-state index in [2.05, 4.69) is 10.9 Å². The van der Waals surface area contributed by atoms with E-state index in [1.165, 1.54) is 0 Å². The highest BCUT2D eigenvalue weighted by Gasteiger charge is 2.08. The monoisotopic (exact) mass is 376 g/mol. The molecule has 2 aromatic rings. The summed E-state index contributed by atoms with van der Waals surface area (Å²) in [6, 6.07) is 10.8. The number of carbonyl (C=O) groups excluding carboxylic acids is 2. The van der Waals surface area contributed by atoms with Crippen LogP contribution in [0.3, 0.4) is 0 Å². The summed E-state index contributed by atoms with van der Waals surface area (Å²) in [5.41, 5.74) is 7.30. The summed E-state index contributed by atoms with van der Waals surface area (Å²) < 4.78 is 10.7. The third kappa shape index (κ3) is 5.97. The van der Waals surface area contributed by atoms with Gasteiger partial charge in [0.2, 0.25) is 0 Å². The molecule has 0 saturated heterocycles. The first-order valence-corrected chi connectivity index (χ1v) is 8.39. The quantitative estimate of drug-likeness (QED) is 0.760. The van der Waals surface area contributed by atoms with Crippen LogP contribution in [0.15, 0.2) is 36.4 Å². The average molecular weight is 377 g/mol. The fourth-order valence-electron chi connectivity index (χ4n) is 2.20. The van der Waals surface area contributed by atoms with Crippen molar-refractivity contribution in [3.05, 3.63) is 58.1 Å². The lowest BCUT2D eigenvalue weighted by molar-refractivity contribution is -0.131. The molecule has 0 saturated carbocycles. The number of nitrogens with one attached hydrogen (secondary N) is 2. The molecule has 7 heteroatoms. The standard InChI is InChI=1S/C19H21ClN2O4/c1-12-5-4-6-15(7-12)25-10-17(23)21-22-18(24)11-26-16-8-13(2)19(20)14(3)9-16/h4-9H,10-11H2,1-3H3,(H,21,23)(H,22,24). The Labute approximate surface area is 157 Å². The lowest BCUT2D eigenvalue weighted by Gasteiger charge is -2.11. The normalized spacial score (nSPS) is 10.2. The number of ether oxygens (including phenoxy) is 2. The summed E-state index contributed by atoms with van der Waals surface area (Å²) in [6.07, 6.45) is 0. The highest BCUT2D eigenvalue weighted by molar-refractivity contribution is 6.32. The number of hydrogen-bond donors (Lipinski definition) is 2. The molecule has 2 N–H and O–H groups in total. The zero-order valence-electron chi connectivity index (χ0n) is 14.9. The SMILES string of the molecule is Cc1cccc(OCC(=O)NNC(=O)COc2cc(C)c(Cl)c(C)c2)c1. The topological polar surface area (TPSA) is 76.7 Å². The van der Waals surface area contributed by atoms with Crippen LogP contribution in [0, 0.1) is 20.8 Å². The van der Waals surface area contributed by atoms with Crippen LogP contribution in [0.1, 0.15) is 16.7 Å². The lowest BCUT2D eigenvalue weighted by Crippen LogP contribution is -2.45. The number of halogens is 1. The van der Waals surface area contributed by atoms with Gasteiger partial charge >= 0.3 is 0 Å². The van der Waals surface area contributed by atoms with Gasteiger partial charge in [0.1, 0.15) is 11.5 Å². The largest absolute Gasteiger partial charge is 0.484 e. The Bertz CT molecular complexity index is 785. The molecule has 0 spiro atoms. The van der Waals surface area contributed by atoms with E-state index >= 15 is 0 Å². The van der Waals surface area contributed by atoms with E-state index < -0.39 is 11.8 Å². The number of hydrogen-bond acceptors (Lipinski definition) is 4. The average Bonchev–Trinajstić information content (AvgIpc) is 2.61. The first-order valence-electron chi connectivity index (χ1n) is 8.02. The van der Waals surface area contributed by atoms with Crippen molar-refractivity contribution in [3.8, 4) is 11.5 Å². The Hall–Kier alpha value is -2.73. The number of carbonyl (C=O) groups is 2. The van der Waals surface area contributed by atoms with Gasteiger partial charge in [-0.3, -0.25) is 20.4 Å². The number of benzene rings is 2. The molecular weight excluding hydrogens is 356 g/mol. The molecule has 2 aromatic carbocycles. The molecule has 6 nitrogen and oxygen atoms in total. The minimum atomic E-state index is -0.487. The van der Waals surface area contributed by atoms with Gasteiger partial charge in [-0.2, -0.15) is 0 Å². The second kappa shape index (κ2) is 9.10. The van der Waals surface area contributed by atoms with Gasteiger partial charge in [0.15, 0.2) is 13.2 Å². The number of amides is 2. The molecule has 0 heterocycles. The van der Waals surface area contributed by atoms with Crippen molar-refractivity contribution >= 4 is 23.4 Å². The van der Waals surface area contributed by atoms with Gasteiger partial charge in [0, 0.05) is 5.02 Å². The van der Waals surface area contributed by atoms with E-state index in [-0.39, 0.29) is 13.2 Å². The molecule has 0 atom stereocenters. The summed E-state index contributed by atoms with van der Waals surface area (Å²) in [4.78, 5) is 23.5. The molecule has 0 aliphatic heterocycles. The molecule has 2 amide bonds. The van der Waals surface area contributed by atoms with Crippen molar-refractivity contribution in [1.29, 1.82) is 0 Å². The minimum Gasteiger partial charge on any atom is -0.484 e. The summed E-state index contributed by atoms with van der Waals surface area (Å²) in [6.45, 7) is 5.20. The van der Waals surface area contributed by atoms with Gasteiger partial charge in [-0.25, -0.2) is 0 Å². The van der Waals surface area contributed by atoms with Crippen LogP contribution in [-0.2, 0) is 9.59 Å². The maximum Gasteiger partial charge on any atom is 0.276 e. The minimum absolute atomic E-state index is 0.208. The van der Waals surface area contributed by atoms with E-state index in [1.807, 2.05) is 39.0 Å². The van der Waals surface area contributed by atoms with E-state index in [4.69, 9.17) is 21.1 Å². The van der Waals surface area contributed by atoms with Crippen molar-refractivity contribution in [1.82, 2.24) is 10.9 Å². The van der Waals surface area contributed by atoms with Crippen LogP contribution in [0.2, 0.25) is 5.02 Å². The van der Waals surface area contributed by atoms with Crippen LogP contribution in [0.25, 0.3) is 0 Å². The van der Waals surface area contributed by atoms with Crippen LogP contribution in [0.4, 0.5) is 0 Å². The highest BCUT2D eigenvalue weighted by atomic mass is 35.5. The van der Waals surface area contributed by atoms with Gasteiger partial charge < -0.3 is 9.47 Å². The van der Waals surface area contributed by atoms with Gasteiger partial charge in [0.05, 0.1) is 0 Å². The van der Waals surface area contributed by atoms with E-state index in [9.17, 15) is 9.59 Å². The Morgan fingerprint density at radius 1 is 0.885 bits per heavy atom. The van der Waals surface area contributed by atoms with E-state index in [0.29, 0.717) is 16.5 Å². The Morgan fingerprint density at radius 2 is 1.42 bits per heavy atom. The van der Waals surface area contributed by atoms with E-state index in [1.54, 1.807) is 18.2 Å². The molecule has 0 aliphatic carbocycles. The van der Waals surface area contributed by atoms with Crippen molar-refractivity contribution in [2.24, 2.45) is 0 Å². The van der Waals surface area contributed by atoms with Crippen LogP contribution in [0.5, 0.6) is 11.5 Å². The molecule has 0 bridgehead atoms. The molecule has 2 rings (SSSR count). The van der Waals surface area contributed by atoms with Gasteiger partial charge in [-0.05, 0) is 61.7 Å². The van der Waals surface area contributed by atoms with Crippen molar-refractivity contribution < 1.29 is 19.1 Å². The summed E-state index contributed by atoms with van der Waals surface area (Å²) in [5.74, 6) is 0.161. The maximum absolute atomic E-state index is 11.8. The number of hydrazine groups is 1. The van der Waals surface area contributed by atoms with Crippen molar-refractivity contribution in [2.45, 2.75) is 20.8 Å². The zero-order valence-corrected chi connectivity index (χ0v) is 15.6. The Morgan fingerprint density at radius 3 is 1.96 bits per heavy atom. The fraction of sp³-hybridized carbons (Fsp3) is 0.263. The second-order valence-electron chi connectivity index (χ2n) is 5.86. The molecular formula is C19H21ClN2O4. The van der Waals surface area contributed by atoms with Gasteiger partial charge in [-0.15, -0.1) is 0 Å². The smallest absolute Gasteiger partial charge is 0.276 e. The zero-order chi connectivity index (χ0) is 19.1. The molecule has 0 unspecified atom stereocenters. The van der Waals surface area contributed by atoms with E-state index in [0.717, 1.165) is 16.7 Å². The van der Waals surface area contributed by atoms with Crippen LogP contribution < -0.4 is 20.3 Å². The summed E-state index contributed by atoms with van der Waals surface area (Å²) in [5, 5.41) is 0.669. The first-order chi connectivity index (χ1) is 12.3. The molecule has 0 aliphatic rings. The lowest BCUT2D eigenvalue weighted by atomic mass is 10.1. The summed E-state index contributed by atoms with van der Waals surface area (Å²) in [7, 11) is 0. The first kappa shape index (κ1) is 19.6. The predicted octanol–water partition coefficient (Wildman–Crippen LogP) is 2.87. The van der Waals surface area contributed by atoms with Crippen molar-refractivity contribution in [3.63, 3.8) is 0 Å². The highest BCUT2D eigenvalue weighted by Crippen LogP contribution is 2.25. The molecule has 26 heavy (non-hydrogen) atoms. The Balaban J connectivity index is 1.72. The summed E-state index contributed by atoms with van der Waals surface area (Å²) >= 11 is 6.09. The molecule has 0 fully saturated rings. The number of rotatable bonds is 6. The molecule has 138 valence electrons. The molecule has 0 radical (unpaired) electrons. The number of aryl methyl sites for hydroxylation is 3. The van der Waals surface area contributed by atoms with Crippen molar-refractivity contribution in [2.75, 3.05) is 13.2 Å². The van der Waals surface area contributed by atoms with Gasteiger partial charge in [-0.1, -0.05) is 23.7 Å².